The Morgan fingerprint density at radius 1 is 1.43 bits per heavy atom. The maximum absolute atomic E-state index is 10.6. The van der Waals surface area contributed by atoms with Gasteiger partial charge in [-0.2, -0.15) is 5.26 Å². The van der Waals surface area contributed by atoms with Crippen LogP contribution >= 0.6 is 0 Å². The number of aryl methyl sites for hydroxylation is 1. The lowest BCUT2D eigenvalue weighted by Gasteiger charge is -2.16. The van der Waals surface area contributed by atoms with Crippen LogP contribution in [0.3, 0.4) is 0 Å². The van der Waals surface area contributed by atoms with Crippen molar-refractivity contribution in [3.63, 3.8) is 0 Å². The summed E-state index contributed by atoms with van der Waals surface area (Å²) in [7, 11) is 0. The zero-order valence-corrected chi connectivity index (χ0v) is 8.66. The molecule has 0 fully saturated rings. The van der Waals surface area contributed by atoms with Crippen LogP contribution in [0, 0.1) is 18.3 Å². The minimum Gasteiger partial charge on any atom is -0.298 e. The molecule has 0 aliphatic carbocycles. The van der Waals surface area contributed by atoms with Gasteiger partial charge < -0.3 is 0 Å². The van der Waals surface area contributed by atoms with Crippen molar-refractivity contribution in [2.75, 3.05) is 0 Å². The van der Waals surface area contributed by atoms with E-state index in [9.17, 15) is 4.79 Å². The first-order chi connectivity index (χ1) is 6.51. The van der Waals surface area contributed by atoms with E-state index in [0.29, 0.717) is 5.56 Å². The highest BCUT2D eigenvalue weighted by molar-refractivity contribution is 5.77. The van der Waals surface area contributed by atoms with E-state index in [4.69, 9.17) is 5.26 Å². The Hall–Kier alpha value is -1.62. The van der Waals surface area contributed by atoms with Crippen LogP contribution in [0.4, 0.5) is 0 Å². The number of nitriles is 1. The van der Waals surface area contributed by atoms with Crippen molar-refractivity contribution in [1.82, 2.24) is 0 Å². The molecule has 0 aliphatic heterocycles. The highest BCUT2D eigenvalue weighted by atomic mass is 16.1. The van der Waals surface area contributed by atoms with Gasteiger partial charge in [0, 0.05) is 5.56 Å². The van der Waals surface area contributed by atoms with E-state index in [-0.39, 0.29) is 0 Å². The van der Waals surface area contributed by atoms with Crippen LogP contribution in [0.15, 0.2) is 18.2 Å². The second-order valence-corrected chi connectivity index (χ2v) is 3.93. The minimum absolute atomic E-state index is 0.494. The number of rotatable bonds is 2. The lowest BCUT2D eigenvalue weighted by molar-refractivity contribution is 0.112. The van der Waals surface area contributed by atoms with Gasteiger partial charge in [0.2, 0.25) is 0 Å². The first-order valence-corrected chi connectivity index (χ1v) is 4.49. The predicted molar refractivity (Wildman–Crippen MR) is 55.2 cm³/mol. The molecule has 1 rings (SSSR count). The van der Waals surface area contributed by atoms with E-state index >= 15 is 0 Å². The summed E-state index contributed by atoms with van der Waals surface area (Å²) in [6, 6.07) is 7.72. The monoisotopic (exact) mass is 187 g/mol. The van der Waals surface area contributed by atoms with Crippen LogP contribution in [0.2, 0.25) is 0 Å². The molecule has 0 N–H and O–H groups in total. The second kappa shape index (κ2) is 3.63. The van der Waals surface area contributed by atoms with Crippen LogP contribution in [0.5, 0.6) is 0 Å². The average Bonchev–Trinajstić information content (AvgIpc) is 2.17. The van der Waals surface area contributed by atoms with E-state index < -0.39 is 5.41 Å². The van der Waals surface area contributed by atoms with Gasteiger partial charge in [0.15, 0.2) is 0 Å². The van der Waals surface area contributed by atoms with Gasteiger partial charge in [0.25, 0.3) is 0 Å². The largest absolute Gasteiger partial charge is 0.298 e. The van der Waals surface area contributed by atoms with E-state index in [2.05, 4.69) is 6.07 Å². The fourth-order valence-corrected chi connectivity index (χ4v) is 1.26. The molecule has 0 saturated heterocycles. The Balaban J connectivity index is 3.23. The number of nitrogens with zero attached hydrogens (tertiary/aromatic N) is 1. The van der Waals surface area contributed by atoms with Crippen LogP contribution in [-0.2, 0) is 5.41 Å². The summed E-state index contributed by atoms with van der Waals surface area (Å²) in [5.74, 6) is 0. The van der Waals surface area contributed by atoms with Gasteiger partial charge in [-0.15, -0.1) is 0 Å². The molecular formula is C12H13NO. The molecule has 1 aromatic rings. The third-order valence-electron chi connectivity index (χ3n) is 2.40. The number of carbonyl (C=O) groups excluding carboxylic acids is 1. The lowest BCUT2D eigenvalue weighted by Crippen LogP contribution is -2.14. The van der Waals surface area contributed by atoms with Gasteiger partial charge in [-0.05, 0) is 31.9 Å². The molecule has 72 valence electrons. The van der Waals surface area contributed by atoms with Crippen LogP contribution in [-0.4, -0.2) is 6.29 Å². The Bertz CT molecular complexity index is 399. The third-order valence-corrected chi connectivity index (χ3v) is 2.40. The molecule has 0 spiro atoms. The average molecular weight is 187 g/mol. The summed E-state index contributed by atoms with van der Waals surface area (Å²) >= 11 is 0. The number of benzene rings is 1. The Labute approximate surface area is 84.2 Å². The smallest absolute Gasteiger partial charge is 0.150 e. The molecule has 1 aromatic carbocycles. The lowest BCUT2D eigenvalue weighted by atomic mass is 9.85. The summed E-state index contributed by atoms with van der Waals surface area (Å²) < 4.78 is 0. The van der Waals surface area contributed by atoms with Gasteiger partial charge in [0.05, 0.1) is 11.5 Å². The first kappa shape index (κ1) is 10.5. The number of hydrogen-bond donors (Lipinski definition) is 0. The van der Waals surface area contributed by atoms with E-state index in [1.165, 1.54) is 0 Å². The second-order valence-electron chi connectivity index (χ2n) is 3.93. The number of aldehydes is 1. The fourth-order valence-electron chi connectivity index (χ4n) is 1.26. The topological polar surface area (TPSA) is 40.9 Å². The Kier molecular flexibility index (Phi) is 2.71. The predicted octanol–water partition coefficient (Wildman–Crippen LogP) is 2.61. The third kappa shape index (κ3) is 1.82. The Morgan fingerprint density at radius 2 is 2.07 bits per heavy atom. The SMILES string of the molecule is Cc1cc(C(C)(C)C#N)ccc1C=O. The van der Waals surface area contributed by atoms with Crippen molar-refractivity contribution >= 4 is 6.29 Å². The summed E-state index contributed by atoms with van der Waals surface area (Å²) in [4.78, 5) is 10.6. The van der Waals surface area contributed by atoms with Crippen molar-refractivity contribution in [3.8, 4) is 6.07 Å². The highest BCUT2D eigenvalue weighted by Crippen LogP contribution is 2.23. The van der Waals surface area contributed by atoms with Crippen molar-refractivity contribution in [3.05, 3.63) is 34.9 Å². The summed E-state index contributed by atoms with van der Waals surface area (Å²) in [6.45, 7) is 5.60. The molecule has 0 saturated carbocycles. The molecule has 0 aromatic heterocycles. The van der Waals surface area contributed by atoms with Gasteiger partial charge in [-0.3, -0.25) is 4.79 Å². The standard InChI is InChI=1S/C12H13NO/c1-9-6-11(12(2,3)8-13)5-4-10(9)7-14/h4-7H,1-3H3. The molecule has 0 unspecified atom stereocenters. The maximum atomic E-state index is 10.6. The van der Waals surface area contributed by atoms with E-state index in [0.717, 1.165) is 17.4 Å². The fraction of sp³-hybridized carbons (Fsp3) is 0.333. The highest BCUT2D eigenvalue weighted by Gasteiger charge is 2.19. The molecule has 0 atom stereocenters. The normalized spacial score (nSPS) is 10.7. The number of hydrogen-bond acceptors (Lipinski definition) is 2. The van der Waals surface area contributed by atoms with Gasteiger partial charge in [0.1, 0.15) is 6.29 Å². The van der Waals surface area contributed by atoms with Crippen molar-refractivity contribution < 1.29 is 4.79 Å². The maximum Gasteiger partial charge on any atom is 0.150 e. The molecule has 2 nitrogen and oxygen atoms in total. The van der Waals surface area contributed by atoms with Crippen LogP contribution in [0.1, 0.15) is 35.3 Å². The molecule has 14 heavy (non-hydrogen) atoms. The minimum atomic E-state index is -0.494. The molecule has 0 bridgehead atoms. The van der Waals surface area contributed by atoms with Crippen molar-refractivity contribution in [1.29, 1.82) is 5.26 Å². The first-order valence-electron chi connectivity index (χ1n) is 4.49. The summed E-state index contributed by atoms with van der Waals surface area (Å²) in [6.07, 6.45) is 0.832. The van der Waals surface area contributed by atoms with Gasteiger partial charge in [-0.25, -0.2) is 0 Å². The number of carbonyl (C=O) groups is 1. The molecule has 2 heteroatoms. The molecular weight excluding hydrogens is 174 g/mol. The molecule has 0 radical (unpaired) electrons. The van der Waals surface area contributed by atoms with E-state index in [1.807, 2.05) is 32.9 Å². The van der Waals surface area contributed by atoms with Crippen molar-refractivity contribution in [2.24, 2.45) is 0 Å². The molecule has 0 amide bonds. The van der Waals surface area contributed by atoms with Crippen LogP contribution < -0.4 is 0 Å². The Morgan fingerprint density at radius 3 is 2.50 bits per heavy atom. The zero-order valence-electron chi connectivity index (χ0n) is 8.66. The quantitative estimate of drug-likeness (QED) is 0.668. The van der Waals surface area contributed by atoms with Gasteiger partial charge >= 0.3 is 0 Å². The van der Waals surface area contributed by atoms with E-state index in [1.54, 1.807) is 6.07 Å². The molecule has 0 aliphatic rings. The molecule has 0 heterocycles. The van der Waals surface area contributed by atoms with Crippen molar-refractivity contribution in [2.45, 2.75) is 26.2 Å². The zero-order chi connectivity index (χ0) is 10.8. The summed E-state index contributed by atoms with van der Waals surface area (Å²) in [5.41, 5.74) is 2.05. The van der Waals surface area contributed by atoms with Crippen LogP contribution in [0.25, 0.3) is 0 Å². The van der Waals surface area contributed by atoms with Gasteiger partial charge in [-0.1, -0.05) is 18.2 Å². The summed E-state index contributed by atoms with van der Waals surface area (Å²) in [5, 5.41) is 8.95.